The smallest absolute Gasteiger partial charge is 0.317 e. The first-order chi connectivity index (χ1) is 7.75. The fourth-order valence-electron chi connectivity index (χ4n) is 2.03. The molecule has 16 heavy (non-hydrogen) atoms. The maximum atomic E-state index is 11.7. The highest BCUT2D eigenvalue weighted by Crippen LogP contribution is 2.08. The van der Waals surface area contributed by atoms with Gasteiger partial charge in [0, 0.05) is 19.6 Å². The summed E-state index contributed by atoms with van der Waals surface area (Å²) in [6, 6.07) is 8.29. The molecule has 0 spiro atoms. The Morgan fingerprint density at radius 2 is 2.12 bits per heavy atom. The summed E-state index contributed by atoms with van der Waals surface area (Å²) >= 11 is 0. The van der Waals surface area contributed by atoms with Gasteiger partial charge >= 0.3 is 6.03 Å². The molecule has 0 unspecified atom stereocenters. The number of carbonyl (C=O) groups is 1. The number of rotatable bonds is 2. The lowest BCUT2D eigenvalue weighted by Crippen LogP contribution is -2.37. The van der Waals surface area contributed by atoms with E-state index in [4.69, 9.17) is 0 Å². The Bertz CT molecular complexity index is 370. The monoisotopic (exact) mass is 218 g/mol. The van der Waals surface area contributed by atoms with E-state index in [0.29, 0.717) is 6.54 Å². The molecule has 1 aromatic carbocycles. The third kappa shape index (κ3) is 2.75. The van der Waals surface area contributed by atoms with Crippen molar-refractivity contribution in [1.82, 2.24) is 10.2 Å². The second-order valence-electron chi connectivity index (χ2n) is 4.34. The summed E-state index contributed by atoms with van der Waals surface area (Å²) in [6.45, 7) is 4.49. The molecule has 1 heterocycles. The predicted molar refractivity (Wildman–Crippen MR) is 64.2 cm³/mol. The van der Waals surface area contributed by atoms with Gasteiger partial charge in [-0.1, -0.05) is 29.8 Å². The van der Waals surface area contributed by atoms with Crippen molar-refractivity contribution < 1.29 is 4.79 Å². The molecule has 1 saturated heterocycles. The van der Waals surface area contributed by atoms with E-state index in [9.17, 15) is 4.79 Å². The Morgan fingerprint density at radius 3 is 2.81 bits per heavy atom. The van der Waals surface area contributed by atoms with Crippen molar-refractivity contribution in [3.05, 3.63) is 35.4 Å². The normalized spacial score (nSPS) is 15.2. The zero-order valence-electron chi connectivity index (χ0n) is 9.70. The number of hydrogen-bond donors (Lipinski definition) is 1. The van der Waals surface area contributed by atoms with Gasteiger partial charge in [0.05, 0.1) is 0 Å². The number of carbonyl (C=O) groups excluding carboxylic acids is 1. The Balaban J connectivity index is 1.84. The predicted octanol–water partition coefficient (Wildman–Crippen LogP) is 2.30. The number of hydrogen-bond acceptors (Lipinski definition) is 1. The number of likely N-dealkylation sites (tertiary alicyclic amines) is 1. The Hall–Kier alpha value is -1.51. The molecular weight excluding hydrogens is 200 g/mol. The summed E-state index contributed by atoms with van der Waals surface area (Å²) in [6.07, 6.45) is 2.27. The topological polar surface area (TPSA) is 32.3 Å². The lowest BCUT2D eigenvalue weighted by Gasteiger charge is -2.16. The quantitative estimate of drug-likeness (QED) is 0.811. The van der Waals surface area contributed by atoms with Crippen molar-refractivity contribution in [2.24, 2.45) is 0 Å². The first-order valence-electron chi connectivity index (χ1n) is 5.84. The van der Waals surface area contributed by atoms with Crippen LogP contribution in [0.25, 0.3) is 0 Å². The summed E-state index contributed by atoms with van der Waals surface area (Å²) in [5.74, 6) is 0. The van der Waals surface area contributed by atoms with Crippen molar-refractivity contribution in [3.63, 3.8) is 0 Å². The van der Waals surface area contributed by atoms with Crippen LogP contribution in [0.2, 0.25) is 0 Å². The van der Waals surface area contributed by atoms with Gasteiger partial charge in [0.15, 0.2) is 0 Å². The number of aryl methyl sites for hydroxylation is 1. The van der Waals surface area contributed by atoms with Gasteiger partial charge in [-0.3, -0.25) is 0 Å². The van der Waals surface area contributed by atoms with E-state index in [1.807, 2.05) is 17.0 Å². The average Bonchev–Trinajstić information content (AvgIpc) is 2.79. The second kappa shape index (κ2) is 5.01. The zero-order chi connectivity index (χ0) is 11.4. The maximum Gasteiger partial charge on any atom is 0.317 e. The minimum atomic E-state index is 0.0685. The molecule has 0 bridgehead atoms. The van der Waals surface area contributed by atoms with E-state index in [1.165, 1.54) is 5.56 Å². The van der Waals surface area contributed by atoms with Crippen LogP contribution in [0, 0.1) is 6.92 Å². The van der Waals surface area contributed by atoms with Gasteiger partial charge in [-0.2, -0.15) is 0 Å². The summed E-state index contributed by atoms with van der Waals surface area (Å²) in [5.41, 5.74) is 2.39. The molecule has 1 aliphatic heterocycles. The molecule has 0 aromatic heterocycles. The lowest BCUT2D eigenvalue weighted by atomic mass is 10.1. The summed E-state index contributed by atoms with van der Waals surface area (Å²) in [5, 5.41) is 2.96. The summed E-state index contributed by atoms with van der Waals surface area (Å²) in [7, 11) is 0. The number of nitrogens with one attached hydrogen (secondary N) is 1. The van der Waals surface area contributed by atoms with Crippen molar-refractivity contribution in [3.8, 4) is 0 Å². The average molecular weight is 218 g/mol. The van der Waals surface area contributed by atoms with E-state index in [2.05, 4.69) is 24.4 Å². The van der Waals surface area contributed by atoms with E-state index in [-0.39, 0.29) is 6.03 Å². The molecule has 0 saturated carbocycles. The molecule has 3 nitrogen and oxygen atoms in total. The van der Waals surface area contributed by atoms with Gasteiger partial charge < -0.3 is 10.2 Å². The molecule has 2 amide bonds. The van der Waals surface area contributed by atoms with Crippen LogP contribution >= 0.6 is 0 Å². The van der Waals surface area contributed by atoms with Crippen LogP contribution in [-0.2, 0) is 6.54 Å². The molecule has 0 atom stereocenters. The molecule has 1 N–H and O–H groups in total. The number of nitrogens with zero attached hydrogens (tertiary/aromatic N) is 1. The van der Waals surface area contributed by atoms with Crippen molar-refractivity contribution in [2.75, 3.05) is 13.1 Å². The molecule has 1 aliphatic rings. The van der Waals surface area contributed by atoms with E-state index in [0.717, 1.165) is 31.5 Å². The minimum absolute atomic E-state index is 0.0685. The fraction of sp³-hybridized carbons (Fsp3) is 0.462. The highest BCUT2D eigenvalue weighted by Gasteiger charge is 2.16. The Labute approximate surface area is 96.5 Å². The molecule has 1 aromatic rings. The number of amides is 2. The molecule has 86 valence electrons. The van der Waals surface area contributed by atoms with E-state index < -0.39 is 0 Å². The van der Waals surface area contributed by atoms with Crippen LogP contribution in [0.3, 0.4) is 0 Å². The van der Waals surface area contributed by atoms with Gasteiger partial charge in [-0.25, -0.2) is 4.79 Å². The Morgan fingerprint density at radius 1 is 1.38 bits per heavy atom. The van der Waals surface area contributed by atoms with Crippen LogP contribution in [-0.4, -0.2) is 24.0 Å². The highest BCUT2D eigenvalue weighted by molar-refractivity contribution is 5.74. The van der Waals surface area contributed by atoms with Crippen LogP contribution in [0.15, 0.2) is 24.3 Å². The molecule has 0 aliphatic carbocycles. The van der Waals surface area contributed by atoms with E-state index in [1.54, 1.807) is 0 Å². The summed E-state index contributed by atoms with van der Waals surface area (Å²) in [4.78, 5) is 13.6. The SMILES string of the molecule is Cc1cccc(CNC(=O)N2CCCC2)c1. The lowest BCUT2D eigenvalue weighted by molar-refractivity contribution is 0.208. The highest BCUT2D eigenvalue weighted by atomic mass is 16.2. The Kier molecular flexibility index (Phi) is 3.44. The molecule has 1 fully saturated rings. The largest absolute Gasteiger partial charge is 0.334 e. The molecule has 0 radical (unpaired) electrons. The van der Waals surface area contributed by atoms with Crippen molar-refractivity contribution >= 4 is 6.03 Å². The van der Waals surface area contributed by atoms with Crippen LogP contribution in [0.1, 0.15) is 24.0 Å². The second-order valence-corrected chi connectivity index (χ2v) is 4.34. The maximum absolute atomic E-state index is 11.7. The molecule has 3 heteroatoms. The minimum Gasteiger partial charge on any atom is -0.334 e. The van der Waals surface area contributed by atoms with Crippen molar-refractivity contribution in [2.45, 2.75) is 26.3 Å². The summed E-state index contributed by atoms with van der Waals surface area (Å²) < 4.78 is 0. The van der Waals surface area contributed by atoms with Crippen LogP contribution < -0.4 is 5.32 Å². The van der Waals surface area contributed by atoms with Gasteiger partial charge in [-0.15, -0.1) is 0 Å². The first-order valence-corrected chi connectivity index (χ1v) is 5.84. The molecular formula is C13H18N2O. The fourth-order valence-corrected chi connectivity index (χ4v) is 2.03. The van der Waals surface area contributed by atoms with Crippen LogP contribution in [0.5, 0.6) is 0 Å². The number of urea groups is 1. The van der Waals surface area contributed by atoms with Crippen molar-refractivity contribution in [1.29, 1.82) is 0 Å². The first kappa shape index (κ1) is 11.0. The molecule has 2 rings (SSSR count). The number of benzene rings is 1. The zero-order valence-corrected chi connectivity index (χ0v) is 9.70. The van der Waals surface area contributed by atoms with Gasteiger partial charge in [-0.05, 0) is 25.3 Å². The standard InChI is InChI=1S/C13H18N2O/c1-11-5-4-6-12(9-11)10-14-13(16)15-7-2-3-8-15/h4-6,9H,2-3,7-8,10H2,1H3,(H,14,16). The van der Waals surface area contributed by atoms with Gasteiger partial charge in [0.25, 0.3) is 0 Å². The third-order valence-electron chi connectivity index (χ3n) is 2.92. The van der Waals surface area contributed by atoms with Gasteiger partial charge in [0.2, 0.25) is 0 Å². The van der Waals surface area contributed by atoms with E-state index >= 15 is 0 Å². The third-order valence-corrected chi connectivity index (χ3v) is 2.92. The van der Waals surface area contributed by atoms with Gasteiger partial charge in [0.1, 0.15) is 0 Å². The van der Waals surface area contributed by atoms with Crippen LogP contribution in [0.4, 0.5) is 4.79 Å².